The number of fused-ring (bicyclic) bond motifs is 3. The molecule has 3 rings (SSSR count). The lowest BCUT2D eigenvalue weighted by atomic mass is 10.0. The van der Waals surface area contributed by atoms with Crippen LogP contribution in [0.1, 0.15) is 5.56 Å². The Morgan fingerprint density at radius 3 is 2.58 bits per heavy atom. The molecule has 0 aliphatic heterocycles. The molecule has 1 N–H and O–H groups in total. The van der Waals surface area contributed by atoms with Crippen LogP contribution >= 0.6 is 11.6 Å². The van der Waals surface area contributed by atoms with Crippen molar-refractivity contribution in [1.82, 2.24) is 4.57 Å². The lowest BCUT2D eigenvalue weighted by molar-refractivity contribution is 0.476. The summed E-state index contributed by atoms with van der Waals surface area (Å²) in [5.41, 5.74) is 1.48. The highest BCUT2D eigenvalue weighted by Crippen LogP contribution is 2.29. The van der Waals surface area contributed by atoms with Crippen LogP contribution in [-0.4, -0.2) is 9.67 Å². The molecule has 0 saturated heterocycles. The van der Waals surface area contributed by atoms with E-state index in [0.29, 0.717) is 15.9 Å². The van der Waals surface area contributed by atoms with Crippen LogP contribution in [-0.2, 0) is 7.05 Å². The summed E-state index contributed by atoms with van der Waals surface area (Å²) in [6, 6.07) is 8.63. The summed E-state index contributed by atoms with van der Waals surface area (Å²) >= 11 is 6.15. The Kier molecular flexibility index (Phi) is 2.54. The van der Waals surface area contributed by atoms with Crippen molar-refractivity contribution in [3.8, 4) is 5.75 Å². The molecular formula is C15H12ClNO2. The third-order valence-corrected chi connectivity index (χ3v) is 3.87. The van der Waals surface area contributed by atoms with Crippen molar-refractivity contribution in [2.45, 2.75) is 6.92 Å². The molecule has 0 fully saturated rings. The van der Waals surface area contributed by atoms with Gasteiger partial charge in [-0.3, -0.25) is 4.79 Å². The molecule has 19 heavy (non-hydrogen) atoms. The molecule has 0 unspecified atom stereocenters. The maximum Gasteiger partial charge on any atom is 0.258 e. The van der Waals surface area contributed by atoms with E-state index in [2.05, 4.69) is 0 Å². The lowest BCUT2D eigenvalue weighted by Gasteiger charge is -2.10. The van der Waals surface area contributed by atoms with Gasteiger partial charge in [0.1, 0.15) is 5.75 Å². The molecule has 3 aromatic rings. The summed E-state index contributed by atoms with van der Waals surface area (Å²) in [6.45, 7) is 1.88. The van der Waals surface area contributed by atoms with Crippen molar-refractivity contribution in [2.24, 2.45) is 7.05 Å². The Morgan fingerprint density at radius 2 is 1.84 bits per heavy atom. The van der Waals surface area contributed by atoms with E-state index in [1.807, 2.05) is 19.1 Å². The summed E-state index contributed by atoms with van der Waals surface area (Å²) < 4.78 is 1.55. The van der Waals surface area contributed by atoms with Crippen LogP contribution in [0.25, 0.3) is 21.7 Å². The summed E-state index contributed by atoms with van der Waals surface area (Å²) in [5, 5.41) is 12.6. The van der Waals surface area contributed by atoms with Crippen molar-refractivity contribution in [1.29, 1.82) is 0 Å². The zero-order valence-electron chi connectivity index (χ0n) is 10.6. The molecule has 0 radical (unpaired) electrons. The second-order valence-electron chi connectivity index (χ2n) is 4.71. The standard InChI is InChI=1S/C15H12ClNO2/c1-8-5-12-11(7-13(8)16)10-4-3-9(18)6-14(10)17(2)15(12)19/h3-7,18H,1-2H3. The molecule has 0 spiro atoms. The van der Waals surface area contributed by atoms with Gasteiger partial charge in [-0.25, -0.2) is 0 Å². The number of halogens is 1. The third kappa shape index (κ3) is 1.70. The van der Waals surface area contributed by atoms with E-state index < -0.39 is 0 Å². The Bertz CT molecular complexity index is 881. The van der Waals surface area contributed by atoms with Gasteiger partial charge in [-0.05, 0) is 42.1 Å². The van der Waals surface area contributed by atoms with Gasteiger partial charge in [0.05, 0.1) is 5.52 Å². The number of nitrogens with zero attached hydrogens (tertiary/aromatic N) is 1. The molecule has 0 atom stereocenters. The molecule has 96 valence electrons. The second-order valence-corrected chi connectivity index (χ2v) is 5.12. The first kappa shape index (κ1) is 12.1. The molecule has 4 heteroatoms. The number of hydrogen-bond donors (Lipinski definition) is 1. The van der Waals surface area contributed by atoms with E-state index in [-0.39, 0.29) is 11.3 Å². The molecule has 1 heterocycles. The number of aryl methyl sites for hydroxylation is 2. The largest absolute Gasteiger partial charge is 0.508 e. The number of hydrogen-bond acceptors (Lipinski definition) is 2. The number of aromatic nitrogens is 1. The molecule has 0 bridgehead atoms. The summed E-state index contributed by atoms with van der Waals surface area (Å²) in [4.78, 5) is 12.4. The van der Waals surface area contributed by atoms with Crippen LogP contribution in [0.3, 0.4) is 0 Å². The van der Waals surface area contributed by atoms with Crippen molar-refractivity contribution in [3.63, 3.8) is 0 Å². The van der Waals surface area contributed by atoms with Gasteiger partial charge >= 0.3 is 0 Å². The van der Waals surface area contributed by atoms with Crippen molar-refractivity contribution < 1.29 is 5.11 Å². The van der Waals surface area contributed by atoms with E-state index in [4.69, 9.17) is 11.6 Å². The maximum atomic E-state index is 12.4. The van der Waals surface area contributed by atoms with Gasteiger partial charge in [-0.15, -0.1) is 0 Å². The van der Waals surface area contributed by atoms with Crippen LogP contribution in [0.2, 0.25) is 5.02 Å². The topological polar surface area (TPSA) is 42.2 Å². The molecule has 3 nitrogen and oxygen atoms in total. The number of aromatic hydroxyl groups is 1. The summed E-state index contributed by atoms with van der Waals surface area (Å²) in [6.07, 6.45) is 0. The van der Waals surface area contributed by atoms with Crippen LogP contribution in [0.4, 0.5) is 0 Å². The first-order valence-corrected chi connectivity index (χ1v) is 6.28. The third-order valence-electron chi connectivity index (χ3n) is 3.47. The zero-order valence-corrected chi connectivity index (χ0v) is 11.3. The highest BCUT2D eigenvalue weighted by atomic mass is 35.5. The van der Waals surface area contributed by atoms with Crippen LogP contribution in [0.15, 0.2) is 35.1 Å². The quantitative estimate of drug-likeness (QED) is 0.638. The molecule has 0 amide bonds. The smallest absolute Gasteiger partial charge is 0.258 e. The van der Waals surface area contributed by atoms with Gasteiger partial charge in [0, 0.05) is 28.9 Å². The predicted octanol–water partition coefficient (Wildman–Crippen LogP) is 3.36. The molecule has 0 aliphatic carbocycles. The van der Waals surface area contributed by atoms with Gasteiger partial charge in [-0.1, -0.05) is 11.6 Å². The molecule has 1 aromatic heterocycles. The highest BCUT2D eigenvalue weighted by Gasteiger charge is 2.10. The van der Waals surface area contributed by atoms with Crippen LogP contribution in [0, 0.1) is 6.92 Å². The second kappa shape index (κ2) is 4.00. The maximum absolute atomic E-state index is 12.4. The Balaban J connectivity index is 2.67. The van der Waals surface area contributed by atoms with Crippen molar-refractivity contribution in [3.05, 3.63) is 51.3 Å². The van der Waals surface area contributed by atoms with E-state index in [1.165, 1.54) is 0 Å². The minimum atomic E-state index is -0.0899. The number of benzene rings is 2. The first-order chi connectivity index (χ1) is 8.99. The Labute approximate surface area is 114 Å². The highest BCUT2D eigenvalue weighted by molar-refractivity contribution is 6.32. The van der Waals surface area contributed by atoms with Crippen LogP contribution in [0.5, 0.6) is 5.75 Å². The summed E-state index contributed by atoms with van der Waals surface area (Å²) in [5.74, 6) is 0.139. The van der Waals surface area contributed by atoms with Gasteiger partial charge in [0.25, 0.3) is 5.56 Å². The van der Waals surface area contributed by atoms with E-state index >= 15 is 0 Å². The van der Waals surface area contributed by atoms with Gasteiger partial charge in [0.15, 0.2) is 0 Å². The Hall–Kier alpha value is -2.00. The lowest BCUT2D eigenvalue weighted by Crippen LogP contribution is -2.17. The fraction of sp³-hybridized carbons (Fsp3) is 0.133. The van der Waals surface area contributed by atoms with Crippen molar-refractivity contribution in [2.75, 3.05) is 0 Å². The molecular weight excluding hydrogens is 262 g/mol. The molecule has 0 saturated carbocycles. The number of pyridine rings is 1. The van der Waals surface area contributed by atoms with Crippen molar-refractivity contribution >= 4 is 33.3 Å². The minimum Gasteiger partial charge on any atom is -0.508 e. The number of phenols is 1. The SMILES string of the molecule is Cc1cc2c(=O)n(C)c3cc(O)ccc3c2cc1Cl. The Morgan fingerprint density at radius 1 is 1.11 bits per heavy atom. The number of rotatable bonds is 0. The van der Waals surface area contributed by atoms with E-state index in [0.717, 1.165) is 16.3 Å². The van der Waals surface area contributed by atoms with E-state index in [1.54, 1.807) is 29.8 Å². The fourth-order valence-corrected chi connectivity index (χ4v) is 2.56. The monoisotopic (exact) mass is 273 g/mol. The number of phenolic OH excluding ortho intramolecular Hbond substituents is 1. The van der Waals surface area contributed by atoms with Gasteiger partial charge < -0.3 is 9.67 Å². The minimum absolute atomic E-state index is 0.0899. The van der Waals surface area contributed by atoms with Crippen LogP contribution < -0.4 is 5.56 Å². The van der Waals surface area contributed by atoms with Gasteiger partial charge in [0.2, 0.25) is 0 Å². The van der Waals surface area contributed by atoms with E-state index in [9.17, 15) is 9.90 Å². The average Bonchev–Trinajstić information content (AvgIpc) is 2.38. The molecule has 2 aromatic carbocycles. The summed E-state index contributed by atoms with van der Waals surface area (Å²) in [7, 11) is 1.70. The van der Waals surface area contributed by atoms with Gasteiger partial charge in [-0.2, -0.15) is 0 Å². The average molecular weight is 274 g/mol. The molecule has 0 aliphatic rings. The zero-order chi connectivity index (χ0) is 13.7. The first-order valence-electron chi connectivity index (χ1n) is 5.90. The predicted molar refractivity (Wildman–Crippen MR) is 78.1 cm³/mol. The fourth-order valence-electron chi connectivity index (χ4n) is 2.40. The normalized spacial score (nSPS) is 11.3.